The first-order valence-electron chi connectivity index (χ1n) is 7.89. The smallest absolute Gasteiger partial charge is 0.410 e. The molecule has 0 saturated heterocycles. The van der Waals surface area contributed by atoms with Gasteiger partial charge < -0.3 is 20.1 Å². The van der Waals surface area contributed by atoms with Gasteiger partial charge in [-0.15, -0.1) is 0 Å². The summed E-state index contributed by atoms with van der Waals surface area (Å²) >= 11 is 0. The Labute approximate surface area is 137 Å². The minimum atomic E-state index is -0.502. The second kappa shape index (κ2) is 8.72. The van der Waals surface area contributed by atoms with Gasteiger partial charge in [0.2, 0.25) is 0 Å². The molecule has 1 rings (SSSR count). The SMILES string of the molecule is CCN(CCCNCc1cc(F)ccc1O)C(=O)OC(C)(C)C. The molecule has 0 atom stereocenters. The van der Waals surface area contributed by atoms with Gasteiger partial charge in [-0.05, 0) is 58.9 Å². The summed E-state index contributed by atoms with van der Waals surface area (Å²) in [5, 5.41) is 12.8. The van der Waals surface area contributed by atoms with Gasteiger partial charge in [0.05, 0.1) is 0 Å². The molecule has 6 heteroatoms. The molecule has 0 heterocycles. The molecule has 0 aliphatic carbocycles. The van der Waals surface area contributed by atoms with Crippen molar-refractivity contribution in [3.63, 3.8) is 0 Å². The van der Waals surface area contributed by atoms with Crippen molar-refractivity contribution in [3.05, 3.63) is 29.6 Å². The number of amides is 1. The van der Waals surface area contributed by atoms with Crippen LogP contribution in [0.4, 0.5) is 9.18 Å². The minimum Gasteiger partial charge on any atom is -0.508 e. The summed E-state index contributed by atoms with van der Waals surface area (Å²) in [4.78, 5) is 13.6. The number of carbonyl (C=O) groups is 1. The molecule has 0 aromatic heterocycles. The molecule has 1 amide bonds. The highest BCUT2D eigenvalue weighted by Crippen LogP contribution is 2.17. The Balaban J connectivity index is 2.32. The fourth-order valence-electron chi connectivity index (χ4n) is 2.02. The summed E-state index contributed by atoms with van der Waals surface area (Å²) in [6.45, 7) is 9.61. The molecule has 0 aliphatic heterocycles. The molecule has 2 N–H and O–H groups in total. The average molecular weight is 326 g/mol. The number of nitrogens with zero attached hydrogens (tertiary/aromatic N) is 1. The van der Waals surface area contributed by atoms with E-state index in [2.05, 4.69) is 5.32 Å². The number of phenols is 1. The van der Waals surface area contributed by atoms with Crippen LogP contribution in [0.1, 0.15) is 39.7 Å². The topological polar surface area (TPSA) is 61.8 Å². The molecule has 23 heavy (non-hydrogen) atoms. The van der Waals surface area contributed by atoms with Gasteiger partial charge in [0.1, 0.15) is 17.2 Å². The van der Waals surface area contributed by atoms with Crippen molar-refractivity contribution in [3.8, 4) is 5.75 Å². The molecule has 1 aromatic rings. The lowest BCUT2D eigenvalue weighted by atomic mass is 10.2. The van der Waals surface area contributed by atoms with E-state index in [9.17, 15) is 14.3 Å². The Bertz CT molecular complexity index is 515. The predicted octanol–water partition coefficient (Wildman–Crippen LogP) is 3.27. The monoisotopic (exact) mass is 326 g/mol. The number of benzene rings is 1. The summed E-state index contributed by atoms with van der Waals surface area (Å²) in [5.41, 5.74) is 0.0157. The molecule has 1 aromatic carbocycles. The number of carbonyl (C=O) groups excluding carboxylic acids is 1. The van der Waals surface area contributed by atoms with Gasteiger partial charge in [-0.3, -0.25) is 0 Å². The van der Waals surface area contributed by atoms with Crippen molar-refractivity contribution >= 4 is 6.09 Å². The maximum absolute atomic E-state index is 13.1. The van der Waals surface area contributed by atoms with Crippen LogP contribution in [0.2, 0.25) is 0 Å². The highest BCUT2D eigenvalue weighted by molar-refractivity contribution is 5.68. The quantitative estimate of drug-likeness (QED) is 0.755. The number of ether oxygens (including phenoxy) is 1. The molecular formula is C17H27FN2O3. The van der Waals surface area contributed by atoms with E-state index in [1.807, 2.05) is 27.7 Å². The minimum absolute atomic E-state index is 0.0721. The van der Waals surface area contributed by atoms with Gasteiger partial charge in [-0.2, -0.15) is 0 Å². The van der Waals surface area contributed by atoms with E-state index in [-0.39, 0.29) is 17.7 Å². The van der Waals surface area contributed by atoms with Gasteiger partial charge in [0, 0.05) is 25.2 Å². The third kappa shape index (κ3) is 7.32. The van der Waals surface area contributed by atoms with Crippen LogP contribution in [0.15, 0.2) is 18.2 Å². The van der Waals surface area contributed by atoms with E-state index in [0.717, 1.165) is 6.42 Å². The number of hydrogen-bond donors (Lipinski definition) is 2. The van der Waals surface area contributed by atoms with Crippen LogP contribution in [0.25, 0.3) is 0 Å². The van der Waals surface area contributed by atoms with Gasteiger partial charge in [-0.1, -0.05) is 0 Å². The van der Waals surface area contributed by atoms with Crippen molar-refractivity contribution in [2.24, 2.45) is 0 Å². The molecule has 0 radical (unpaired) electrons. The van der Waals surface area contributed by atoms with Crippen LogP contribution in [0, 0.1) is 5.82 Å². The fourth-order valence-corrected chi connectivity index (χ4v) is 2.02. The van der Waals surface area contributed by atoms with Crippen LogP contribution in [0.5, 0.6) is 5.75 Å². The third-order valence-electron chi connectivity index (χ3n) is 3.17. The van der Waals surface area contributed by atoms with Crippen LogP contribution in [0.3, 0.4) is 0 Å². The molecule has 0 spiro atoms. The Morgan fingerprint density at radius 3 is 2.70 bits per heavy atom. The molecule has 0 unspecified atom stereocenters. The molecule has 130 valence electrons. The maximum Gasteiger partial charge on any atom is 0.410 e. The Morgan fingerprint density at radius 1 is 1.39 bits per heavy atom. The number of halogens is 1. The lowest BCUT2D eigenvalue weighted by Crippen LogP contribution is -2.38. The van der Waals surface area contributed by atoms with Crippen molar-refractivity contribution in [2.75, 3.05) is 19.6 Å². The first kappa shape index (κ1) is 19.2. The zero-order valence-corrected chi connectivity index (χ0v) is 14.4. The molecule has 0 fully saturated rings. The highest BCUT2D eigenvalue weighted by Gasteiger charge is 2.20. The summed E-state index contributed by atoms with van der Waals surface area (Å²) in [6, 6.07) is 3.87. The van der Waals surface area contributed by atoms with Gasteiger partial charge in [0.15, 0.2) is 0 Å². The average Bonchev–Trinajstić information content (AvgIpc) is 2.44. The van der Waals surface area contributed by atoms with Crippen molar-refractivity contribution in [2.45, 2.75) is 46.3 Å². The zero-order valence-electron chi connectivity index (χ0n) is 14.4. The summed E-state index contributed by atoms with van der Waals surface area (Å²) in [7, 11) is 0. The second-order valence-corrected chi connectivity index (χ2v) is 6.36. The fraction of sp³-hybridized carbons (Fsp3) is 0.588. The zero-order chi connectivity index (χ0) is 17.5. The summed E-state index contributed by atoms with van der Waals surface area (Å²) in [5.74, 6) is -0.301. The number of phenolic OH excluding ortho intramolecular Hbond substituents is 1. The number of aromatic hydroxyl groups is 1. The van der Waals surface area contributed by atoms with Gasteiger partial charge >= 0.3 is 6.09 Å². The second-order valence-electron chi connectivity index (χ2n) is 6.36. The lowest BCUT2D eigenvalue weighted by molar-refractivity contribution is 0.0258. The molecule has 5 nitrogen and oxygen atoms in total. The standard InChI is InChI=1S/C17H27FN2O3/c1-5-20(16(22)23-17(2,3)4)10-6-9-19-12-13-11-14(18)7-8-15(13)21/h7-8,11,19,21H,5-6,9-10,12H2,1-4H3. The molecule has 0 aliphatic rings. The van der Waals surface area contributed by atoms with Crippen LogP contribution in [-0.4, -0.2) is 41.3 Å². The van der Waals surface area contributed by atoms with Crippen molar-refractivity contribution < 1.29 is 19.0 Å². The molecule has 0 bridgehead atoms. The van der Waals surface area contributed by atoms with E-state index in [1.54, 1.807) is 4.90 Å². The molecule has 0 saturated carbocycles. The predicted molar refractivity (Wildman–Crippen MR) is 87.9 cm³/mol. The first-order valence-corrected chi connectivity index (χ1v) is 7.89. The van der Waals surface area contributed by atoms with Crippen LogP contribution < -0.4 is 5.32 Å². The Morgan fingerprint density at radius 2 is 2.09 bits per heavy atom. The van der Waals surface area contributed by atoms with E-state index in [4.69, 9.17) is 4.74 Å². The van der Waals surface area contributed by atoms with Gasteiger partial charge in [0.25, 0.3) is 0 Å². The summed E-state index contributed by atoms with van der Waals surface area (Å²) in [6.07, 6.45) is 0.422. The third-order valence-corrected chi connectivity index (χ3v) is 3.17. The van der Waals surface area contributed by atoms with E-state index in [1.165, 1.54) is 18.2 Å². The molecular weight excluding hydrogens is 299 g/mol. The first-order chi connectivity index (χ1) is 10.7. The lowest BCUT2D eigenvalue weighted by Gasteiger charge is -2.26. The van der Waals surface area contributed by atoms with Crippen LogP contribution in [-0.2, 0) is 11.3 Å². The normalized spacial score (nSPS) is 11.3. The number of nitrogens with one attached hydrogen (secondary N) is 1. The Hall–Kier alpha value is -1.82. The largest absolute Gasteiger partial charge is 0.508 e. The van der Waals surface area contributed by atoms with Crippen molar-refractivity contribution in [1.82, 2.24) is 10.2 Å². The number of hydrogen-bond acceptors (Lipinski definition) is 4. The highest BCUT2D eigenvalue weighted by atomic mass is 19.1. The van der Waals surface area contributed by atoms with Gasteiger partial charge in [-0.25, -0.2) is 9.18 Å². The van der Waals surface area contributed by atoms with Crippen molar-refractivity contribution in [1.29, 1.82) is 0 Å². The summed E-state index contributed by atoms with van der Waals surface area (Å²) < 4.78 is 18.4. The maximum atomic E-state index is 13.1. The Kier molecular flexibility index (Phi) is 7.29. The van der Waals surface area contributed by atoms with Crippen LogP contribution >= 0.6 is 0 Å². The number of rotatable bonds is 7. The van der Waals surface area contributed by atoms with E-state index < -0.39 is 5.60 Å². The van der Waals surface area contributed by atoms with E-state index in [0.29, 0.717) is 31.7 Å². The van der Waals surface area contributed by atoms with E-state index >= 15 is 0 Å².